The van der Waals surface area contributed by atoms with Crippen LogP contribution in [0.2, 0.25) is 0 Å². The molecule has 252 valence electrons. The third-order valence-corrected chi connectivity index (χ3v) is 11.5. The van der Waals surface area contributed by atoms with E-state index < -0.39 is 0 Å². The van der Waals surface area contributed by atoms with Crippen LogP contribution in [0.4, 0.5) is 0 Å². The average molecular weight is 617 g/mol. The molecule has 0 bridgehead atoms. The molecule has 5 aliphatic rings. The van der Waals surface area contributed by atoms with Crippen molar-refractivity contribution in [1.29, 1.82) is 0 Å². The fourth-order valence-corrected chi connectivity index (χ4v) is 10.2. The van der Waals surface area contributed by atoms with Gasteiger partial charge < -0.3 is 24.8 Å². The second kappa shape index (κ2) is 13.1. The van der Waals surface area contributed by atoms with Gasteiger partial charge in [-0.15, -0.1) is 0 Å². The zero-order valence-corrected chi connectivity index (χ0v) is 29.3. The summed E-state index contributed by atoms with van der Waals surface area (Å²) < 4.78 is 18.8. The summed E-state index contributed by atoms with van der Waals surface area (Å²) in [4.78, 5) is 26.3. The Morgan fingerprint density at radius 1 is 0.545 bits per heavy atom. The molecule has 7 heteroatoms. The van der Waals surface area contributed by atoms with E-state index in [1.165, 1.54) is 0 Å². The minimum absolute atomic E-state index is 0.0000861. The summed E-state index contributed by atoms with van der Waals surface area (Å²) in [6, 6.07) is 0. The first-order valence-electron chi connectivity index (χ1n) is 18.1. The van der Waals surface area contributed by atoms with Gasteiger partial charge in [-0.3, -0.25) is 9.59 Å². The summed E-state index contributed by atoms with van der Waals surface area (Å²) >= 11 is 0. The largest absolute Gasteiger partial charge is 0.462 e. The molecular formula is C37H64N2O5. The van der Waals surface area contributed by atoms with Gasteiger partial charge in [-0.25, -0.2) is 0 Å². The number of hydrogen-bond acceptors (Lipinski definition) is 7. The zero-order valence-electron chi connectivity index (χ0n) is 29.3. The predicted molar refractivity (Wildman–Crippen MR) is 174 cm³/mol. The van der Waals surface area contributed by atoms with Crippen LogP contribution in [0.15, 0.2) is 0 Å². The van der Waals surface area contributed by atoms with Gasteiger partial charge in [-0.1, -0.05) is 0 Å². The molecule has 2 aliphatic heterocycles. The van der Waals surface area contributed by atoms with Crippen molar-refractivity contribution in [3.05, 3.63) is 0 Å². The average Bonchev–Trinajstić information content (AvgIpc) is 2.88. The molecule has 2 N–H and O–H groups in total. The lowest BCUT2D eigenvalue weighted by atomic mass is 9.67. The first-order chi connectivity index (χ1) is 20.5. The van der Waals surface area contributed by atoms with Gasteiger partial charge >= 0.3 is 11.9 Å². The van der Waals surface area contributed by atoms with E-state index in [-0.39, 0.29) is 58.1 Å². The molecule has 0 aromatic heterocycles. The Hall–Kier alpha value is -1.18. The van der Waals surface area contributed by atoms with Gasteiger partial charge in [0.25, 0.3) is 0 Å². The van der Waals surface area contributed by atoms with Crippen LogP contribution < -0.4 is 10.6 Å². The topological polar surface area (TPSA) is 85.9 Å². The molecule has 4 unspecified atom stereocenters. The standard InChI is InChI=1S/C37H64N2O5/c1-34(2)19-30(20-35(3,4)38-34)43-32(40)25-11-9-24(10-12-25)23-42-29-16-15-26-17-28(14-13-27(26)18-29)33(41)44-31-21-36(5,6)39-37(7,8)22-31/h24-31,38-39H,9-23H2,1-8H3. The molecule has 2 heterocycles. The number of carbonyl (C=O) groups excluding carboxylic acids is 2. The van der Waals surface area contributed by atoms with Gasteiger partial charge in [0, 0.05) is 54.4 Å². The quantitative estimate of drug-likeness (QED) is 0.295. The minimum Gasteiger partial charge on any atom is -0.462 e. The molecule has 0 aromatic carbocycles. The fraction of sp³-hybridized carbons (Fsp3) is 0.946. The van der Waals surface area contributed by atoms with Crippen LogP contribution in [-0.2, 0) is 23.8 Å². The number of ether oxygens (including phenoxy) is 3. The lowest BCUT2D eigenvalue weighted by Gasteiger charge is -2.46. The van der Waals surface area contributed by atoms with E-state index in [0.29, 0.717) is 23.9 Å². The van der Waals surface area contributed by atoms with E-state index >= 15 is 0 Å². The molecule has 0 amide bonds. The van der Waals surface area contributed by atoms with Crippen molar-refractivity contribution >= 4 is 11.9 Å². The summed E-state index contributed by atoms with van der Waals surface area (Å²) in [5, 5.41) is 7.36. The Kier molecular flexibility index (Phi) is 10.2. The van der Waals surface area contributed by atoms with E-state index in [9.17, 15) is 9.59 Å². The maximum absolute atomic E-state index is 13.2. The Labute approximate surface area is 268 Å². The van der Waals surface area contributed by atoms with Crippen molar-refractivity contribution in [3.8, 4) is 0 Å². The van der Waals surface area contributed by atoms with Crippen LogP contribution in [0.25, 0.3) is 0 Å². The third-order valence-electron chi connectivity index (χ3n) is 11.5. The number of esters is 2. The Morgan fingerprint density at radius 3 is 1.50 bits per heavy atom. The van der Waals surface area contributed by atoms with Gasteiger partial charge in [0.05, 0.1) is 17.9 Å². The van der Waals surface area contributed by atoms with Crippen molar-refractivity contribution in [3.63, 3.8) is 0 Å². The zero-order chi connectivity index (χ0) is 31.9. The predicted octanol–water partition coefficient (Wildman–Crippen LogP) is 7.10. The minimum atomic E-state index is -0.0199. The first-order valence-corrected chi connectivity index (χ1v) is 18.1. The molecule has 5 rings (SSSR count). The van der Waals surface area contributed by atoms with E-state index in [1.54, 1.807) is 0 Å². The second-order valence-corrected chi connectivity index (χ2v) is 18.2. The van der Waals surface area contributed by atoms with Crippen LogP contribution in [0.5, 0.6) is 0 Å². The van der Waals surface area contributed by atoms with Crippen LogP contribution >= 0.6 is 0 Å². The molecule has 44 heavy (non-hydrogen) atoms. The van der Waals surface area contributed by atoms with Gasteiger partial charge in [-0.05, 0) is 137 Å². The molecule has 0 aromatic rings. The first kappa shape index (κ1) is 34.2. The number of piperidine rings is 2. The van der Waals surface area contributed by atoms with Crippen molar-refractivity contribution in [1.82, 2.24) is 10.6 Å². The van der Waals surface area contributed by atoms with E-state index in [0.717, 1.165) is 96.5 Å². The van der Waals surface area contributed by atoms with Gasteiger partial charge in [0.1, 0.15) is 12.2 Å². The smallest absolute Gasteiger partial charge is 0.309 e. The van der Waals surface area contributed by atoms with E-state index in [4.69, 9.17) is 14.2 Å². The van der Waals surface area contributed by atoms with Gasteiger partial charge in [-0.2, -0.15) is 0 Å². The highest BCUT2D eigenvalue weighted by Gasteiger charge is 2.43. The van der Waals surface area contributed by atoms with Gasteiger partial charge in [0.15, 0.2) is 0 Å². The molecule has 2 saturated heterocycles. The molecule has 3 saturated carbocycles. The molecule has 0 radical (unpaired) electrons. The van der Waals surface area contributed by atoms with Crippen molar-refractivity contribution in [2.24, 2.45) is 29.6 Å². The van der Waals surface area contributed by atoms with Crippen LogP contribution in [0.1, 0.15) is 145 Å². The summed E-state index contributed by atoms with van der Waals surface area (Å²) in [6.07, 6.45) is 14.2. The maximum atomic E-state index is 13.2. The van der Waals surface area contributed by atoms with Gasteiger partial charge in [0.2, 0.25) is 0 Å². The Balaban J connectivity index is 0.991. The van der Waals surface area contributed by atoms with Crippen LogP contribution in [0, 0.1) is 29.6 Å². The molecular weight excluding hydrogens is 552 g/mol. The summed E-state index contributed by atoms with van der Waals surface area (Å²) in [5.41, 5.74) is -0.0758. The highest BCUT2D eigenvalue weighted by atomic mass is 16.5. The van der Waals surface area contributed by atoms with Crippen molar-refractivity contribution in [2.75, 3.05) is 6.61 Å². The maximum Gasteiger partial charge on any atom is 0.309 e. The summed E-state index contributed by atoms with van der Waals surface area (Å²) in [7, 11) is 0. The summed E-state index contributed by atoms with van der Waals surface area (Å²) in [5.74, 6) is 2.00. The lowest BCUT2D eigenvalue weighted by molar-refractivity contribution is -0.162. The monoisotopic (exact) mass is 616 g/mol. The highest BCUT2D eigenvalue weighted by molar-refractivity contribution is 5.73. The Morgan fingerprint density at radius 2 is 0.977 bits per heavy atom. The fourth-order valence-electron chi connectivity index (χ4n) is 10.2. The normalized spacial score (nSPS) is 37.0. The van der Waals surface area contributed by atoms with Crippen LogP contribution in [-0.4, -0.2) is 59.0 Å². The Bertz CT molecular complexity index is 981. The number of nitrogens with one attached hydrogen (secondary N) is 2. The molecule has 4 atom stereocenters. The lowest BCUT2D eigenvalue weighted by Crippen LogP contribution is -2.60. The number of rotatable bonds is 7. The van der Waals surface area contributed by atoms with Crippen molar-refractivity contribution in [2.45, 2.75) is 186 Å². The number of fused-ring (bicyclic) bond motifs is 1. The van der Waals surface area contributed by atoms with E-state index in [1.807, 2.05) is 0 Å². The molecule has 7 nitrogen and oxygen atoms in total. The molecule has 0 spiro atoms. The van der Waals surface area contributed by atoms with Crippen LogP contribution in [0.3, 0.4) is 0 Å². The number of hydrogen-bond donors (Lipinski definition) is 2. The molecule has 3 aliphatic carbocycles. The number of carbonyl (C=O) groups is 2. The SMILES string of the molecule is CC1(C)CC(OC(=O)C2CCC(COC3CCC4CC(C(=O)OC5CC(C)(C)NC(C)(C)C5)CCC4C3)CC2)CC(C)(C)N1. The second-order valence-electron chi connectivity index (χ2n) is 18.2. The van der Waals surface area contributed by atoms with Crippen molar-refractivity contribution < 1.29 is 23.8 Å². The highest BCUT2D eigenvalue weighted by Crippen LogP contribution is 2.45. The third kappa shape index (κ3) is 9.21. The van der Waals surface area contributed by atoms with E-state index in [2.05, 4.69) is 66.0 Å². The summed E-state index contributed by atoms with van der Waals surface area (Å²) in [6.45, 7) is 18.4. The molecule has 5 fully saturated rings.